The third kappa shape index (κ3) is 6.12. The molecule has 0 spiro atoms. The second-order valence-electron chi connectivity index (χ2n) is 5.09. The topological polar surface area (TPSA) is 30.5 Å². The summed E-state index contributed by atoms with van der Waals surface area (Å²) in [6.07, 6.45) is 1.14. The molecule has 20 heavy (non-hydrogen) atoms. The number of nitrogens with one attached hydrogen (secondary N) is 1. The van der Waals surface area contributed by atoms with Crippen LogP contribution in [0.2, 0.25) is 5.02 Å². The number of benzene rings is 1. The number of hydrogen-bond acceptors (Lipinski definition) is 3. The fourth-order valence-electron chi connectivity index (χ4n) is 1.95. The lowest BCUT2D eigenvalue weighted by molar-refractivity contribution is 0.1000. The number of aryl methyl sites for hydroxylation is 2. The van der Waals surface area contributed by atoms with Crippen LogP contribution in [0.3, 0.4) is 0 Å². The van der Waals surface area contributed by atoms with Crippen molar-refractivity contribution in [3.05, 3.63) is 28.3 Å². The van der Waals surface area contributed by atoms with Crippen LogP contribution in [0.25, 0.3) is 0 Å². The maximum atomic E-state index is 5.99. The van der Waals surface area contributed by atoms with E-state index >= 15 is 0 Å². The third-order valence-electron chi connectivity index (χ3n) is 3.25. The fourth-order valence-corrected chi connectivity index (χ4v) is 2.28. The van der Waals surface area contributed by atoms with Crippen molar-refractivity contribution in [2.24, 2.45) is 0 Å². The highest BCUT2D eigenvalue weighted by molar-refractivity contribution is 6.30. The van der Waals surface area contributed by atoms with Crippen molar-refractivity contribution in [2.75, 3.05) is 26.4 Å². The number of ether oxygens (including phenoxy) is 2. The maximum absolute atomic E-state index is 5.99. The Hall–Kier alpha value is -0.770. The van der Waals surface area contributed by atoms with Crippen LogP contribution in [0.4, 0.5) is 0 Å². The third-order valence-corrected chi connectivity index (χ3v) is 3.47. The molecular formula is C16H26ClNO2. The molecule has 1 rings (SSSR count). The first kappa shape index (κ1) is 17.3. The van der Waals surface area contributed by atoms with Gasteiger partial charge in [-0.25, -0.2) is 0 Å². The van der Waals surface area contributed by atoms with E-state index in [2.05, 4.69) is 19.2 Å². The minimum absolute atomic E-state index is 0.550. The Kier molecular flexibility index (Phi) is 7.97. The molecule has 0 aromatic heterocycles. The first-order chi connectivity index (χ1) is 9.54. The molecular weight excluding hydrogens is 274 g/mol. The first-order valence-corrected chi connectivity index (χ1v) is 7.63. The van der Waals surface area contributed by atoms with E-state index in [4.69, 9.17) is 21.1 Å². The highest BCUT2D eigenvalue weighted by Gasteiger charge is 2.05. The molecule has 0 aliphatic heterocycles. The van der Waals surface area contributed by atoms with Crippen molar-refractivity contribution in [2.45, 2.75) is 40.2 Å². The van der Waals surface area contributed by atoms with Gasteiger partial charge in [0.25, 0.3) is 0 Å². The summed E-state index contributed by atoms with van der Waals surface area (Å²) in [5.74, 6) is 0.913. The molecule has 0 saturated carbocycles. The van der Waals surface area contributed by atoms with Crippen LogP contribution in [0.1, 0.15) is 31.4 Å². The van der Waals surface area contributed by atoms with Gasteiger partial charge in [-0.2, -0.15) is 0 Å². The van der Waals surface area contributed by atoms with Crippen LogP contribution in [0.15, 0.2) is 12.1 Å². The van der Waals surface area contributed by atoms with Crippen LogP contribution in [-0.4, -0.2) is 32.4 Å². The van der Waals surface area contributed by atoms with E-state index in [0.29, 0.717) is 25.9 Å². The van der Waals surface area contributed by atoms with Crippen molar-refractivity contribution >= 4 is 11.6 Å². The molecule has 0 amide bonds. The molecule has 0 aliphatic carbocycles. The lowest BCUT2D eigenvalue weighted by Gasteiger charge is -2.14. The van der Waals surface area contributed by atoms with Gasteiger partial charge in [0.2, 0.25) is 0 Å². The van der Waals surface area contributed by atoms with Crippen LogP contribution >= 0.6 is 11.6 Å². The summed E-state index contributed by atoms with van der Waals surface area (Å²) < 4.78 is 11.3. The largest absolute Gasteiger partial charge is 0.491 e. The summed E-state index contributed by atoms with van der Waals surface area (Å²) in [6, 6.07) is 4.39. The molecule has 0 heterocycles. The van der Waals surface area contributed by atoms with E-state index in [1.54, 1.807) is 0 Å². The van der Waals surface area contributed by atoms with Crippen molar-refractivity contribution in [1.82, 2.24) is 5.32 Å². The Balaban J connectivity index is 2.19. The zero-order valence-corrected chi connectivity index (χ0v) is 13.7. The highest BCUT2D eigenvalue weighted by atomic mass is 35.5. The van der Waals surface area contributed by atoms with Crippen molar-refractivity contribution in [3.63, 3.8) is 0 Å². The average molecular weight is 300 g/mol. The molecule has 0 radical (unpaired) electrons. The smallest absolute Gasteiger partial charge is 0.125 e. The van der Waals surface area contributed by atoms with Gasteiger partial charge >= 0.3 is 0 Å². The average Bonchev–Trinajstić information content (AvgIpc) is 2.39. The Labute approximate surface area is 127 Å². The van der Waals surface area contributed by atoms with Gasteiger partial charge in [-0.05, 0) is 50.5 Å². The number of halogens is 1. The molecule has 1 atom stereocenters. The predicted octanol–water partition coefficient (Wildman–Crippen LogP) is 3.74. The van der Waals surface area contributed by atoms with E-state index in [1.807, 2.05) is 26.0 Å². The Morgan fingerprint density at radius 3 is 2.40 bits per heavy atom. The van der Waals surface area contributed by atoms with E-state index in [1.165, 1.54) is 0 Å². The Morgan fingerprint density at radius 2 is 1.80 bits per heavy atom. The second-order valence-corrected chi connectivity index (χ2v) is 5.53. The quantitative estimate of drug-likeness (QED) is 0.705. The minimum atomic E-state index is 0.550. The SMILES string of the molecule is CC[C@@H](C)NCCOCCOc1c(C)cc(Cl)cc1C. The zero-order valence-electron chi connectivity index (χ0n) is 13.0. The van der Waals surface area contributed by atoms with Crippen molar-refractivity contribution < 1.29 is 9.47 Å². The molecule has 0 bridgehead atoms. The monoisotopic (exact) mass is 299 g/mol. The van der Waals surface area contributed by atoms with Gasteiger partial charge in [-0.15, -0.1) is 0 Å². The molecule has 1 aromatic rings. The van der Waals surface area contributed by atoms with Gasteiger partial charge < -0.3 is 14.8 Å². The van der Waals surface area contributed by atoms with Gasteiger partial charge in [0.05, 0.1) is 13.2 Å². The molecule has 0 saturated heterocycles. The lowest BCUT2D eigenvalue weighted by atomic mass is 10.1. The fraction of sp³-hybridized carbons (Fsp3) is 0.625. The number of hydrogen-bond donors (Lipinski definition) is 1. The molecule has 0 unspecified atom stereocenters. The minimum Gasteiger partial charge on any atom is -0.491 e. The zero-order chi connectivity index (χ0) is 15.0. The summed E-state index contributed by atoms with van der Waals surface area (Å²) in [7, 11) is 0. The van der Waals surface area contributed by atoms with E-state index in [9.17, 15) is 0 Å². The van der Waals surface area contributed by atoms with Gasteiger partial charge in [0.15, 0.2) is 0 Å². The van der Waals surface area contributed by atoms with E-state index in [0.717, 1.165) is 34.9 Å². The molecule has 1 aromatic carbocycles. The Bertz CT molecular complexity index is 386. The van der Waals surface area contributed by atoms with Gasteiger partial charge in [-0.1, -0.05) is 18.5 Å². The van der Waals surface area contributed by atoms with Crippen LogP contribution in [0.5, 0.6) is 5.75 Å². The summed E-state index contributed by atoms with van der Waals surface area (Å²) >= 11 is 5.99. The van der Waals surface area contributed by atoms with Gasteiger partial charge in [0.1, 0.15) is 12.4 Å². The highest BCUT2D eigenvalue weighted by Crippen LogP contribution is 2.26. The molecule has 3 nitrogen and oxygen atoms in total. The summed E-state index contributed by atoms with van der Waals surface area (Å²) in [5, 5.41) is 4.13. The summed E-state index contributed by atoms with van der Waals surface area (Å²) in [5.41, 5.74) is 2.13. The van der Waals surface area contributed by atoms with Crippen LogP contribution < -0.4 is 10.1 Å². The van der Waals surface area contributed by atoms with Gasteiger partial charge in [-0.3, -0.25) is 0 Å². The number of rotatable bonds is 9. The maximum Gasteiger partial charge on any atom is 0.125 e. The van der Waals surface area contributed by atoms with Crippen molar-refractivity contribution in [3.8, 4) is 5.75 Å². The second kappa shape index (κ2) is 9.22. The standard InChI is InChI=1S/C16H26ClNO2/c1-5-14(4)18-6-7-19-8-9-20-16-12(2)10-15(17)11-13(16)3/h10-11,14,18H,5-9H2,1-4H3/t14-/m1/s1. The van der Waals surface area contributed by atoms with E-state index in [-0.39, 0.29) is 0 Å². The lowest BCUT2D eigenvalue weighted by Crippen LogP contribution is -2.29. The summed E-state index contributed by atoms with van der Waals surface area (Å²) in [4.78, 5) is 0. The molecule has 0 fully saturated rings. The van der Waals surface area contributed by atoms with Crippen molar-refractivity contribution in [1.29, 1.82) is 0 Å². The molecule has 1 N–H and O–H groups in total. The van der Waals surface area contributed by atoms with E-state index < -0.39 is 0 Å². The summed E-state index contributed by atoms with van der Waals surface area (Å²) in [6.45, 7) is 11.1. The molecule has 114 valence electrons. The Morgan fingerprint density at radius 1 is 1.15 bits per heavy atom. The molecule has 4 heteroatoms. The van der Waals surface area contributed by atoms with Gasteiger partial charge in [0, 0.05) is 17.6 Å². The van der Waals surface area contributed by atoms with Crippen LogP contribution in [-0.2, 0) is 4.74 Å². The molecule has 0 aliphatic rings. The normalized spacial score (nSPS) is 12.4. The first-order valence-electron chi connectivity index (χ1n) is 7.25. The predicted molar refractivity (Wildman–Crippen MR) is 85.0 cm³/mol. The van der Waals surface area contributed by atoms with Crippen LogP contribution in [0, 0.1) is 13.8 Å².